The smallest absolute Gasteiger partial charge is 0.0593 e. The van der Waals surface area contributed by atoms with Crippen molar-refractivity contribution in [2.45, 2.75) is 12.8 Å². The van der Waals surface area contributed by atoms with Gasteiger partial charge in [0.05, 0.1) is 13.2 Å². The lowest BCUT2D eigenvalue weighted by Crippen LogP contribution is -2.48. The highest BCUT2D eigenvalue weighted by Gasteiger charge is 2.34. The molecule has 3 nitrogen and oxygen atoms in total. The van der Waals surface area contributed by atoms with Gasteiger partial charge in [-0.3, -0.25) is 0 Å². The zero-order valence-corrected chi connectivity index (χ0v) is 8.51. The fourth-order valence-electron chi connectivity index (χ4n) is 2.49. The van der Waals surface area contributed by atoms with E-state index in [0.29, 0.717) is 5.41 Å². The van der Waals surface area contributed by atoms with Crippen LogP contribution < -0.4 is 5.32 Å². The first kappa shape index (κ1) is 9.44. The van der Waals surface area contributed by atoms with E-state index in [1.807, 2.05) is 0 Å². The molecule has 2 heterocycles. The van der Waals surface area contributed by atoms with Gasteiger partial charge in [-0.05, 0) is 26.4 Å². The van der Waals surface area contributed by atoms with Crippen molar-refractivity contribution in [2.75, 3.05) is 46.4 Å². The first-order valence-electron chi connectivity index (χ1n) is 5.28. The number of nitrogens with zero attached hydrogens (tertiary/aromatic N) is 1. The minimum absolute atomic E-state index is 0.406. The van der Waals surface area contributed by atoms with Crippen molar-refractivity contribution in [3.63, 3.8) is 0 Å². The summed E-state index contributed by atoms with van der Waals surface area (Å²) >= 11 is 0. The monoisotopic (exact) mass is 184 g/mol. The van der Waals surface area contributed by atoms with Crippen molar-refractivity contribution >= 4 is 0 Å². The van der Waals surface area contributed by atoms with Crippen LogP contribution in [-0.4, -0.2) is 51.3 Å². The van der Waals surface area contributed by atoms with E-state index in [1.54, 1.807) is 0 Å². The minimum atomic E-state index is 0.406. The summed E-state index contributed by atoms with van der Waals surface area (Å²) in [5.41, 5.74) is 0.406. The van der Waals surface area contributed by atoms with Gasteiger partial charge in [0, 0.05) is 25.0 Å². The second kappa shape index (κ2) is 3.95. The predicted molar refractivity (Wildman–Crippen MR) is 52.9 cm³/mol. The molecule has 0 aromatic carbocycles. The number of hydrogen-bond acceptors (Lipinski definition) is 3. The summed E-state index contributed by atoms with van der Waals surface area (Å²) in [4.78, 5) is 2.40. The molecule has 1 atom stereocenters. The predicted octanol–water partition coefficient (Wildman–Crippen LogP) is 0.318. The Morgan fingerprint density at radius 3 is 3.15 bits per heavy atom. The Labute approximate surface area is 80.4 Å². The Hall–Kier alpha value is -0.120. The Kier molecular flexibility index (Phi) is 2.86. The molecule has 0 bridgehead atoms. The normalized spacial score (nSPS) is 37.6. The average molecular weight is 184 g/mol. The quantitative estimate of drug-likeness (QED) is 0.587. The van der Waals surface area contributed by atoms with Gasteiger partial charge in [-0.25, -0.2) is 0 Å². The van der Waals surface area contributed by atoms with E-state index < -0.39 is 0 Å². The first-order valence-corrected chi connectivity index (χ1v) is 5.28. The molecule has 0 aliphatic carbocycles. The van der Waals surface area contributed by atoms with Crippen LogP contribution in [0.2, 0.25) is 0 Å². The van der Waals surface area contributed by atoms with Gasteiger partial charge in [0.1, 0.15) is 0 Å². The van der Waals surface area contributed by atoms with Crippen LogP contribution in [-0.2, 0) is 4.74 Å². The highest BCUT2D eigenvalue weighted by Crippen LogP contribution is 2.28. The van der Waals surface area contributed by atoms with Crippen molar-refractivity contribution in [1.82, 2.24) is 10.2 Å². The zero-order valence-electron chi connectivity index (χ0n) is 8.51. The summed E-state index contributed by atoms with van der Waals surface area (Å²) in [7, 11) is 2.20. The second-order valence-electron chi connectivity index (χ2n) is 4.57. The molecule has 2 aliphatic rings. The summed E-state index contributed by atoms with van der Waals surface area (Å²) in [6.07, 6.45) is 2.63. The number of rotatable bonds is 0. The van der Waals surface area contributed by atoms with E-state index in [1.165, 1.54) is 25.9 Å². The van der Waals surface area contributed by atoms with E-state index in [4.69, 9.17) is 4.74 Å². The fraction of sp³-hybridized carbons (Fsp3) is 1.00. The van der Waals surface area contributed by atoms with E-state index in [0.717, 1.165) is 26.3 Å². The Bertz CT molecular complexity index is 166. The van der Waals surface area contributed by atoms with Gasteiger partial charge in [0.25, 0.3) is 0 Å². The molecule has 2 saturated heterocycles. The average Bonchev–Trinajstić information content (AvgIpc) is 2.29. The van der Waals surface area contributed by atoms with E-state index in [9.17, 15) is 0 Å². The van der Waals surface area contributed by atoms with Crippen LogP contribution in [0.5, 0.6) is 0 Å². The van der Waals surface area contributed by atoms with Crippen LogP contribution in [0.25, 0.3) is 0 Å². The van der Waals surface area contributed by atoms with Crippen molar-refractivity contribution in [2.24, 2.45) is 5.41 Å². The number of nitrogens with one attached hydrogen (secondary N) is 1. The van der Waals surface area contributed by atoms with Crippen molar-refractivity contribution in [3.05, 3.63) is 0 Å². The maximum atomic E-state index is 5.68. The van der Waals surface area contributed by atoms with E-state index in [-0.39, 0.29) is 0 Å². The standard InChI is InChI=1S/C10H20N2O/c1-12-5-6-13-9-10(8-12)3-2-4-11-7-10/h11H,2-9H2,1H3. The van der Waals surface area contributed by atoms with Crippen molar-refractivity contribution in [1.29, 1.82) is 0 Å². The highest BCUT2D eigenvalue weighted by molar-refractivity contribution is 4.88. The van der Waals surface area contributed by atoms with Crippen molar-refractivity contribution in [3.8, 4) is 0 Å². The summed E-state index contributed by atoms with van der Waals surface area (Å²) in [5.74, 6) is 0. The Balaban J connectivity index is 2.00. The molecule has 2 rings (SSSR count). The third-order valence-electron chi connectivity index (χ3n) is 3.19. The highest BCUT2D eigenvalue weighted by atomic mass is 16.5. The topological polar surface area (TPSA) is 24.5 Å². The molecule has 0 radical (unpaired) electrons. The lowest BCUT2D eigenvalue weighted by Gasteiger charge is -2.37. The molecule has 0 amide bonds. The summed E-state index contributed by atoms with van der Waals surface area (Å²) in [6.45, 7) is 6.45. The third kappa shape index (κ3) is 2.22. The van der Waals surface area contributed by atoms with Gasteiger partial charge < -0.3 is 15.0 Å². The molecular formula is C10H20N2O. The molecule has 0 aromatic rings. The fourth-order valence-corrected chi connectivity index (χ4v) is 2.49. The van der Waals surface area contributed by atoms with Crippen LogP contribution in [0, 0.1) is 5.41 Å². The van der Waals surface area contributed by atoms with Crippen LogP contribution in [0.4, 0.5) is 0 Å². The molecule has 0 saturated carbocycles. The minimum Gasteiger partial charge on any atom is -0.379 e. The number of hydrogen-bond donors (Lipinski definition) is 1. The van der Waals surface area contributed by atoms with Crippen LogP contribution in [0.15, 0.2) is 0 Å². The molecule has 1 spiro atoms. The van der Waals surface area contributed by atoms with Gasteiger partial charge in [-0.1, -0.05) is 0 Å². The zero-order chi connectivity index (χ0) is 9.15. The number of piperidine rings is 1. The molecule has 2 fully saturated rings. The van der Waals surface area contributed by atoms with Gasteiger partial charge >= 0.3 is 0 Å². The number of likely N-dealkylation sites (N-methyl/N-ethyl adjacent to an activating group) is 1. The van der Waals surface area contributed by atoms with Gasteiger partial charge in [-0.2, -0.15) is 0 Å². The summed E-state index contributed by atoms with van der Waals surface area (Å²) in [6, 6.07) is 0. The molecule has 0 aromatic heterocycles. The van der Waals surface area contributed by atoms with E-state index in [2.05, 4.69) is 17.3 Å². The largest absolute Gasteiger partial charge is 0.379 e. The van der Waals surface area contributed by atoms with E-state index >= 15 is 0 Å². The number of ether oxygens (including phenoxy) is 1. The van der Waals surface area contributed by atoms with Gasteiger partial charge in [-0.15, -0.1) is 0 Å². The van der Waals surface area contributed by atoms with Crippen molar-refractivity contribution < 1.29 is 4.74 Å². The molecule has 1 N–H and O–H groups in total. The first-order chi connectivity index (χ1) is 6.31. The summed E-state index contributed by atoms with van der Waals surface area (Å²) in [5, 5.41) is 3.49. The van der Waals surface area contributed by atoms with Gasteiger partial charge in [0.2, 0.25) is 0 Å². The Morgan fingerprint density at radius 2 is 2.38 bits per heavy atom. The lowest BCUT2D eigenvalue weighted by molar-refractivity contribution is 0.0502. The molecular weight excluding hydrogens is 164 g/mol. The third-order valence-corrected chi connectivity index (χ3v) is 3.19. The molecule has 76 valence electrons. The van der Waals surface area contributed by atoms with Gasteiger partial charge in [0.15, 0.2) is 0 Å². The second-order valence-corrected chi connectivity index (χ2v) is 4.57. The lowest BCUT2D eigenvalue weighted by atomic mass is 9.81. The summed E-state index contributed by atoms with van der Waals surface area (Å²) < 4.78 is 5.68. The SMILES string of the molecule is CN1CCOCC2(CCCNC2)C1. The maximum absolute atomic E-state index is 5.68. The van der Waals surface area contributed by atoms with Crippen LogP contribution in [0.3, 0.4) is 0 Å². The van der Waals surface area contributed by atoms with Crippen LogP contribution in [0.1, 0.15) is 12.8 Å². The molecule has 3 heteroatoms. The molecule has 1 unspecified atom stereocenters. The molecule has 13 heavy (non-hydrogen) atoms. The molecule has 2 aliphatic heterocycles. The maximum Gasteiger partial charge on any atom is 0.0593 e. The Morgan fingerprint density at radius 1 is 1.46 bits per heavy atom. The van der Waals surface area contributed by atoms with Crippen LogP contribution >= 0.6 is 0 Å².